The first-order valence-electron chi connectivity index (χ1n) is 5.51. The second kappa shape index (κ2) is 6.64. The topological polar surface area (TPSA) is 72.1 Å². The predicted molar refractivity (Wildman–Crippen MR) is 67.2 cm³/mol. The number of hydrogen-bond donors (Lipinski definition) is 1. The minimum absolute atomic E-state index is 0. The number of nitrogens with two attached hydrogens (primary N) is 1. The van der Waals surface area contributed by atoms with Crippen molar-refractivity contribution in [2.75, 3.05) is 26.2 Å². The van der Waals surface area contributed by atoms with Crippen LogP contribution in [0.25, 0.3) is 0 Å². The average Bonchev–Trinajstić information content (AvgIpc) is 2.78. The molecule has 0 aromatic carbocycles. The number of halogens is 1. The van der Waals surface area contributed by atoms with Crippen LogP contribution in [0.2, 0.25) is 0 Å². The minimum atomic E-state index is 0. The van der Waals surface area contributed by atoms with E-state index in [1.807, 2.05) is 0 Å². The third-order valence-corrected chi connectivity index (χ3v) is 2.92. The fraction of sp³-hybridized carbons (Fsp3) is 0.545. The molecule has 1 aromatic rings. The van der Waals surface area contributed by atoms with E-state index < -0.39 is 0 Å². The average molecular weight is 257 g/mol. The van der Waals surface area contributed by atoms with Crippen LogP contribution in [0.1, 0.15) is 16.9 Å². The zero-order valence-electron chi connectivity index (χ0n) is 9.58. The Labute approximate surface area is 107 Å². The van der Waals surface area contributed by atoms with E-state index in [2.05, 4.69) is 14.9 Å². The van der Waals surface area contributed by atoms with E-state index in [4.69, 9.17) is 5.73 Å². The predicted octanol–water partition coefficient (Wildman–Crippen LogP) is 0.362. The van der Waals surface area contributed by atoms with E-state index in [9.17, 15) is 4.79 Å². The van der Waals surface area contributed by atoms with Crippen LogP contribution in [0.4, 0.5) is 0 Å². The highest BCUT2D eigenvalue weighted by Gasteiger charge is 2.23. The standard InChI is InChI=1S/C11H16N4O.ClH/c12-5-9-1-4-15(7-9)8-11(16)10-6-13-2-3-14-10;/h2-3,6,9H,1,4-5,7-8,12H2;1H. The maximum atomic E-state index is 11.8. The molecular formula is C11H17ClN4O. The van der Waals surface area contributed by atoms with Gasteiger partial charge >= 0.3 is 0 Å². The van der Waals surface area contributed by atoms with Crippen LogP contribution in [0.15, 0.2) is 18.6 Å². The molecule has 1 unspecified atom stereocenters. The minimum Gasteiger partial charge on any atom is -0.330 e. The second-order valence-electron chi connectivity index (χ2n) is 4.14. The molecule has 1 aromatic heterocycles. The maximum Gasteiger partial charge on any atom is 0.196 e. The zero-order valence-corrected chi connectivity index (χ0v) is 10.4. The number of nitrogens with zero attached hydrogens (tertiary/aromatic N) is 3. The van der Waals surface area contributed by atoms with E-state index in [1.54, 1.807) is 12.4 Å². The Morgan fingerprint density at radius 2 is 2.35 bits per heavy atom. The van der Waals surface area contributed by atoms with Gasteiger partial charge in [0.1, 0.15) is 5.69 Å². The van der Waals surface area contributed by atoms with E-state index in [0.29, 0.717) is 24.7 Å². The Morgan fingerprint density at radius 3 is 2.94 bits per heavy atom. The SMILES string of the molecule is Cl.NCC1CCN(CC(=O)c2cnccn2)C1. The fourth-order valence-corrected chi connectivity index (χ4v) is 1.98. The molecule has 0 amide bonds. The summed E-state index contributed by atoms with van der Waals surface area (Å²) in [5.74, 6) is 0.570. The molecule has 0 radical (unpaired) electrons. The van der Waals surface area contributed by atoms with Crippen molar-refractivity contribution in [2.24, 2.45) is 11.7 Å². The van der Waals surface area contributed by atoms with E-state index >= 15 is 0 Å². The molecule has 0 saturated carbocycles. The van der Waals surface area contributed by atoms with Gasteiger partial charge in [-0.15, -0.1) is 12.4 Å². The van der Waals surface area contributed by atoms with E-state index in [1.165, 1.54) is 6.20 Å². The quantitative estimate of drug-likeness (QED) is 0.788. The van der Waals surface area contributed by atoms with Gasteiger partial charge in [-0.05, 0) is 25.4 Å². The molecule has 0 spiro atoms. The van der Waals surface area contributed by atoms with Gasteiger partial charge < -0.3 is 5.73 Å². The van der Waals surface area contributed by atoms with Gasteiger partial charge in [-0.1, -0.05) is 0 Å². The lowest BCUT2D eigenvalue weighted by Crippen LogP contribution is -2.29. The van der Waals surface area contributed by atoms with Gasteiger partial charge in [-0.25, -0.2) is 4.98 Å². The highest BCUT2D eigenvalue weighted by Crippen LogP contribution is 2.14. The molecule has 1 saturated heterocycles. The lowest BCUT2D eigenvalue weighted by molar-refractivity contribution is 0.0938. The highest BCUT2D eigenvalue weighted by atomic mass is 35.5. The van der Waals surface area contributed by atoms with Gasteiger partial charge in [0.2, 0.25) is 0 Å². The number of Topliss-reactive ketones (excluding diaryl/α,β-unsaturated/α-hetero) is 1. The first kappa shape index (κ1) is 14.0. The molecule has 1 atom stereocenters. The molecule has 1 aliphatic rings. The van der Waals surface area contributed by atoms with Gasteiger partial charge in [-0.3, -0.25) is 14.7 Å². The van der Waals surface area contributed by atoms with Crippen molar-refractivity contribution in [3.63, 3.8) is 0 Å². The number of carbonyl (C=O) groups excluding carboxylic acids is 1. The number of hydrogen-bond acceptors (Lipinski definition) is 5. The van der Waals surface area contributed by atoms with E-state index in [0.717, 1.165) is 19.5 Å². The lowest BCUT2D eigenvalue weighted by atomic mass is 10.1. The Bertz CT molecular complexity index is 360. The van der Waals surface area contributed by atoms with Crippen molar-refractivity contribution >= 4 is 18.2 Å². The molecule has 0 bridgehead atoms. The summed E-state index contributed by atoms with van der Waals surface area (Å²) in [6.45, 7) is 3.00. The molecule has 5 nitrogen and oxygen atoms in total. The summed E-state index contributed by atoms with van der Waals surface area (Å²) in [4.78, 5) is 21.8. The smallest absolute Gasteiger partial charge is 0.196 e. The monoisotopic (exact) mass is 256 g/mol. The van der Waals surface area contributed by atoms with Gasteiger partial charge in [0.15, 0.2) is 5.78 Å². The van der Waals surface area contributed by atoms with Gasteiger partial charge in [-0.2, -0.15) is 0 Å². The number of carbonyl (C=O) groups is 1. The van der Waals surface area contributed by atoms with E-state index in [-0.39, 0.29) is 18.2 Å². The fourth-order valence-electron chi connectivity index (χ4n) is 1.98. The van der Waals surface area contributed by atoms with Crippen LogP contribution in [0.3, 0.4) is 0 Å². The van der Waals surface area contributed by atoms with Crippen molar-refractivity contribution < 1.29 is 4.79 Å². The Balaban J connectivity index is 0.00000144. The molecule has 2 rings (SSSR count). The number of ketones is 1. The zero-order chi connectivity index (χ0) is 11.4. The molecule has 2 heterocycles. The van der Waals surface area contributed by atoms with Crippen LogP contribution in [-0.2, 0) is 0 Å². The maximum absolute atomic E-state index is 11.8. The third-order valence-electron chi connectivity index (χ3n) is 2.92. The molecule has 1 aliphatic heterocycles. The summed E-state index contributed by atoms with van der Waals surface area (Å²) in [7, 11) is 0. The van der Waals surface area contributed by atoms with Crippen molar-refractivity contribution in [1.82, 2.24) is 14.9 Å². The Morgan fingerprint density at radius 1 is 1.53 bits per heavy atom. The number of rotatable bonds is 4. The number of likely N-dealkylation sites (tertiary alicyclic amines) is 1. The summed E-state index contributed by atoms with van der Waals surface area (Å²) >= 11 is 0. The van der Waals surface area contributed by atoms with Crippen LogP contribution in [-0.4, -0.2) is 46.8 Å². The summed E-state index contributed by atoms with van der Waals surface area (Å²) in [6, 6.07) is 0. The van der Waals surface area contributed by atoms with Crippen molar-refractivity contribution in [2.45, 2.75) is 6.42 Å². The van der Waals surface area contributed by atoms with Gasteiger partial charge in [0.25, 0.3) is 0 Å². The first-order valence-corrected chi connectivity index (χ1v) is 5.51. The largest absolute Gasteiger partial charge is 0.330 e. The van der Waals surface area contributed by atoms with Crippen molar-refractivity contribution in [1.29, 1.82) is 0 Å². The van der Waals surface area contributed by atoms with Crippen LogP contribution in [0.5, 0.6) is 0 Å². The molecule has 17 heavy (non-hydrogen) atoms. The molecule has 2 N–H and O–H groups in total. The summed E-state index contributed by atoms with van der Waals surface area (Å²) in [5.41, 5.74) is 6.05. The molecule has 0 aliphatic carbocycles. The lowest BCUT2D eigenvalue weighted by Gasteiger charge is -2.13. The third kappa shape index (κ3) is 3.73. The molecular weight excluding hydrogens is 240 g/mol. The molecule has 94 valence electrons. The van der Waals surface area contributed by atoms with Crippen LogP contribution in [0, 0.1) is 5.92 Å². The Kier molecular flexibility index (Phi) is 5.47. The second-order valence-corrected chi connectivity index (χ2v) is 4.14. The summed E-state index contributed by atoms with van der Waals surface area (Å²) < 4.78 is 0. The first-order chi connectivity index (χ1) is 7.79. The van der Waals surface area contributed by atoms with Crippen molar-refractivity contribution in [3.05, 3.63) is 24.3 Å². The van der Waals surface area contributed by atoms with Crippen LogP contribution >= 0.6 is 12.4 Å². The molecule has 6 heteroatoms. The number of aromatic nitrogens is 2. The normalized spacial score (nSPS) is 19.9. The Hall–Kier alpha value is -1.04. The van der Waals surface area contributed by atoms with Crippen molar-refractivity contribution in [3.8, 4) is 0 Å². The van der Waals surface area contributed by atoms with Gasteiger partial charge in [0.05, 0.1) is 12.7 Å². The van der Waals surface area contributed by atoms with Crippen LogP contribution < -0.4 is 5.73 Å². The molecule has 1 fully saturated rings. The summed E-state index contributed by atoms with van der Waals surface area (Å²) in [6.07, 6.45) is 5.71. The highest BCUT2D eigenvalue weighted by molar-refractivity contribution is 5.95. The van der Waals surface area contributed by atoms with Gasteiger partial charge in [0, 0.05) is 18.9 Å². The summed E-state index contributed by atoms with van der Waals surface area (Å²) in [5, 5.41) is 0.